The number of pyridine rings is 1. The van der Waals surface area contributed by atoms with E-state index in [-0.39, 0.29) is 16.2 Å². The molecule has 0 saturated carbocycles. The molecule has 0 unspecified atom stereocenters. The van der Waals surface area contributed by atoms with Gasteiger partial charge in [-0.15, -0.1) is 0 Å². The summed E-state index contributed by atoms with van der Waals surface area (Å²) in [6.45, 7) is 25.1. The molecule has 0 saturated heterocycles. The van der Waals surface area contributed by atoms with E-state index in [1.54, 1.807) is 0 Å². The van der Waals surface area contributed by atoms with Gasteiger partial charge in [-0.2, -0.15) is 5.10 Å². The molecule has 0 spiro atoms. The van der Waals surface area contributed by atoms with E-state index in [4.69, 9.17) is 10.1 Å². The molecule has 5 aromatic carbocycles. The molecule has 8 aromatic rings. The van der Waals surface area contributed by atoms with Crippen LogP contribution < -0.4 is 0 Å². The number of rotatable bonds is 4. The topological polar surface area (TPSA) is 35.6 Å². The van der Waals surface area contributed by atoms with Crippen LogP contribution in [0.5, 0.6) is 0 Å². The molecule has 0 fully saturated rings. The number of benzene rings is 5. The molecule has 4 nitrogen and oxygen atoms in total. The highest BCUT2D eigenvalue weighted by Gasteiger charge is 2.48. The standard InChI is InChI=1S/C53H54N4/c1-33-26-34(2)57(55-33)39-21-22-42-41-16-12-13-17-47(41)56(48(42)32-39)40-28-37(52(9,10)11)27-38(29-40)53(49-18-14-15-25-54-49)45-23-19-35(50(3,4)5)30-43(45)44-31-36(51(6,7)8)20-24-46(44)53/h12-32H,1-11H3. The summed E-state index contributed by atoms with van der Waals surface area (Å²) in [6.07, 6.45) is 1.96. The van der Waals surface area contributed by atoms with Crippen LogP contribution in [0.1, 0.15) is 113 Å². The van der Waals surface area contributed by atoms with E-state index >= 15 is 0 Å². The largest absolute Gasteiger partial charge is 0.309 e. The average molecular weight is 747 g/mol. The maximum Gasteiger partial charge on any atom is 0.0886 e. The fraction of sp³-hybridized carbons (Fsp3) is 0.283. The Hall–Kier alpha value is -5.74. The Morgan fingerprint density at radius 1 is 0.509 bits per heavy atom. The van der Waals surface area contributed by atoms with Gasteiger partial charge in [-0.25, -0.2) is 4.68 Å². The van der Waals surface area contributed by atoms with E-state index in [9.17, 15) is 0 Å². The maximum absolute atomic E-state index is 5.27. The lowest BCUT2D eigenvalue weighted by atomic mass is 9.68. The van der Waals surface area contributed by atoms with Crippen molar-refractivity contribution in [3.63, 3.8) is 0 Å². The van der Waals surface area contributed by atoms with E-state index in [0.717, 1.165) is 34.0 Å². The van der Waals surface area contributed by atoms with Crippen molar-refractivity contribution < 1.29 is 0 Å². The third kappa shape index (κ3) is 5.78. The second-order valence-corrected chi connectivity index (χ2v) is 19.4. The molecule has 1 aliphatic carbocycles. The fourth-order valence-electron chi connectivity index (χ4n) is 9.23. The van der Waals surface area contributed by atoms with Gasteiger partial charge in [-0.1, -0.05) is 135 Å². The van der Waals surface area contributed by atoms with Gasteiger partial charge in [0, 0.05) is 28.4 Å². The predicted molar refractivity (Wildman–Crippen MR) is 239 cm³/mol. The Bertz CT molecular complexity index is 2800. The van der Waals surface area contributed by atoms with Gasteiger partial charge in [0.25, 0.3) is 0 Å². The van der Waals surface area contributed by atoms with Crippen LogP contribution in [0.25, 0.3) is 44.3 Å². The summed E-state index contributed by atoms with van der Waals surface area (Å²) in [5.74, 6) is 0. The molecule has 0 radical (unpaired) electrons. The van der Waals surface area contributed by atoms with Gasteiger partial charge < -0.3 is 4.57 Å². The molecule has 57 heavy (non-hydrogen) atoms. The second kappa shape index (κ2) is 12.6. The monoisotopic (exact) mass is 746 g/mol. The number of nitrogens with zero attached hydrogens (tertiary/aromatic N) is 4. The molecule has 0 amide bonds. The minimum atomic E-state index is -0.664. The average Bonchev–Trinajstić information content (AvgIpc) is 3.79. The van der Waals surface area contributed by atoms with E-state index in [0.29, 0.717) is 0 Å². The molecule has 0 bridgehead atoms. The summed E-state index contributed by atoms with van der Waals surface area (Å²) in [7, 11) is 0. The van der Waals surface area contributed by atoms with Crippen LogP contribution in [-0.2, 0) is 21.7 Å². The van der Waals surface area contributed by atoms with E-state index < -0.39 is 5.41 Å². The van der Waals surface area contributed by atoms with Gasteiger partial charge in [0.2, 0.25) is 0 Å². The van der Waals surface area contributed by atoms with Crippen LogP contribution in [-0.4, -0.2) is 19.3 Å². The molecular formula is C53H54N4. The molecule has 3 aromatic heterocycles. The van der Waals surface area contributed by atoms with Gasteiger partial charge in [-0.05, 0) is 123 Å². The first-order valence-corrected chi connectivity index (χ1v) is 20.4. The molecule has 9 rings (SSSR count). The lowest BCUT2D eigenvalue weighted by Gasteiger charge is -2.35. The van der Waals surface area contributed by atoms with Crippen molar-refractivity contribution in [2.75, 3.05) is 0 Å². The van der Waals surface area contributed by atoms with Crippen LogP contribution in [0.2, 0.25) is 0 Å². The molecule has 0 atom stereocenters. The Labute approximate surface area is 338 Å². The van der Waals surface area contributed by atoms with E-state index in [1.165, 1.54) is 60.8 Å². The zero-order valence-electron chi connectivity index (χ0n) is 35.4. The zero-order valence-corrected chi connectivity index (χ0v) is 35.4. The van der Waals surface area contributed by atoms with Crippen LogP contribution in [0.15, 0.2) is 128 Å². The number of fused-ring (bicyclic) bond motifs is 6. The Balaban J connectivity index is 1.42. The van der Waals surface area contributed by atoms with Gasteiger partial charge in [0.15, 0.2) is 0 Å². The first-order valence-electron chi connectivity index (χ1n) is 20.4. The molecule has 0 N–H and O–H groups in total. The summed E-state index contributed by atoms with van der Waals surface area (Å²) >= 11 is 0. The minimum Gasteiger partial charge on any atom is -0.309 e. The lowest BCUT2D eigenvalue weighted by Crippen LogP contribution is -2.31. The third-order valence-electron chi connectivity index (χ3n) is 12.3. The number of hydrogen-bond acceptors (Lipinski definition) is 2. The molecular weight excluding hydrogens is 693 g/mol. The van der Waals surface area contributed by atoms with Crippen LogP contribution in [0, 0.1) is 13.8 Å². The molecule has 1 aliphatic rings. The normalized spacial score (nSPS) is 14.0. The van der Waals surface area contributed by atoms with Crippen LogP contribution in [0.3, 0.4) is 0 Å². The SMILES string of the molecule is Cc1cc(C)n(-c2ccc3c4ccccc4n(-c4cc(C(C)(C)C)cc(C5(c6ccccn6)c6ccc(C(C)(C)C)cc6-c6cc(C(C)(C)C)ccc65)c4)c3c2)n1. The Morgan fingerprint density at radius 3 is 1.70 bits per heavy atom. The van der Waals surface area contributed by atoms with Crippen molar-refractivity contribution in [1.82, 2.24) is 19.3 Å². The van der Waals surface area contributed by atoms with Crippen molar-refractivity contribution in [2.45, 2.75) is 97.8 Å². The number of hydrogen-bond donors (Lipinski definition) is 0. The lowest BCUT2D eigenvalue weighted by molar-refractivity contribution is 0.585. The zero-order chi connectivity index (χ0) is 40.2. The summed E-state index contributed by atoms with van der Waals surface area (Å²) < 4.78 is 4.54. The number of aromatic nitrogens is 4. The fourth-order valence-corrected chi connectivity index (χ4v) is 9.23. The van der Waals surface area contributed by atoms with Gasteiger partial charge in [0.05, 0.1) is 33.5 Å². The summed E-state index contributed by atoms with van der Waals surface area (Å²) in [6, 6.07) is 46.0. The van der Waals surface area contributed by atoms with Crippen molar-refractivity contribution in [1.29, 1.82) is 0 Å². The summed E-state index contributed by atoms with van der Waals surface area (Å²) in [5, 5.41) is 7.34. The first kappa shape index (κ1) is 36.9. The van der Waals surface area contributed by atoms with Crippen molar-refractivity contribution >= 4 is 21.8 Å². The van der Waals surface area contributed by atoms with E-state index in [2.05, 4.69) is 201 Å². The molecule has 0 aliphatic heterocycles. The number of para-hydroxylation sites is 1. The van der Waals surface area contributed by atoms with Crippen molar-refractivity contribution in [3.8, 4) is 22.5 Å². The van der Waals surface area contributed by atoms with E-state index in [1.807, 2.05) is 12.3 Å². The Kier molecular flexibility index (Phi) is 8.17. The van der Waals surface area contributed by atoms with Gasteiger partial charge >= 0.3 is 0 Å². The Morgan fingerprint density at radius 2 is 1.12 bits per heavy atom. The number of aryl methyl sites for hydroxylation is 2. The predicted octanol–water partition coefficient (Wildman–Crippen LogP) is 13.2. The minimum absolute atomic E-state index is 0.00477. The van der Waals surface area contributed by atoms with Gasteiger partial charge in [0.1, 0.15) is 0 Å². The summed E-state index contributed by atoms with van der Waals surface area (Å²) in [4.78, 5) is 5.27. The first-order chi connectivity index (χ1) is 27.0. The van der Waals surface area contributed by atoms with Gasteiger partial charge in [-0.3, -0.25) is 4.98 Å². The maximum atomic E-state index is 5.27. The molecule has 3 heterocycles. The molecule has 286 valence electrons. The van der Waals surface area contributed by atoms with Crippen molar-refractivity contribution in [2.24, 2.45) is 0 Å². The highest BCUT2D eigenvalue weighted by molar-refractivity contribution is 6.09. The second-order valence-electron chi connectivity index (χ2n) is 19.4. The summed E-state index contributed by atoms with van der Waals surface area (Å²) in [5.41, 5.74) is 17.2. The van der Waals surface area contributed by atoms with Crippen LogP contribution in [0.4, 0.5) is 0 Å². The smallest absolute Gasteiger partial charge is 0.0886 e. The molecule has 4 heteroatoms. The third-order valence-corrected chi connectivity index (χ3v) is 12.3. The highest BCUT2D eigenvalue weighted by atomic mass is 15.3. The highest BCUT2D eigenvalue weighted by Crippen LogP contribution is 2.57. The van der Waals surface area contributed by atoms with Crippen molar-refractivity contribution in [3.05, 3.63) is 178 Å². The van der Waals surface area contributed by atoms with Crippen LogP contribution >= 0.6 is 0 Å². The quantitative estimate of drug-likeness (QED) is 0.180.